The summed E-state index contributed by atoms with van der Waals surface area (Å²) in [5.74, 6) is 1.29. The molecule has 180 valence electrons. The minimum absolute atomic E-state index is 0.108. The first-order chi connectivity index (χ1) is 16.9. The number of sulfonamides is 1. The average molecular weight is 491 g/mol. The van der Waals surface area contributed by atoms with Crippen LogP contribution in [0.1, 0.15) is 12.8 Å². The smallest absolute Gasteiger partial charge is 0.261 e. The number of hydrogen-bond donors (Lipinski definition) is 2. The summed E-state index contributed by atoms with van der Waals surface area (Å²) in [7, 11) is -2.18. The molecule has 0 unspecified atom stereocenters. The number of hydrogen-bond acceptors (Lipinski definition) is 5. The van der Waals surface area contributed by atoms with E-state index in [0.29, 0.717) is 30.2 Å². The summed E-state index contributed by atoms with van der Waals surface area (Å²) in [6, 6.07) is 26.3. The molecule has 0 heterocycles. The van der Waals surface area contributed by atoms with E-state index in [4.69, 9.17) is 9.47 Å². The number of fused-ring (bicyclic) bond motifs is 1. The average Bonchev–Trinajstić information content (AvgIpc) is 2.87. The predicted octanol–water partition coefficient (Wildman–Crippen LogP) is 5.45. The van der Waals surface area contributed by atoms with Crippen LogP contribution in [-0.4, -0.2) is 28.0 Å². The molecule has 2 N–H and O–H groups in total. The molecule has 35 heavy (non-hydrogen) atoms. The predicted molar refractivity (Wildman–Crippen MR) is 138 cm³/mol. The fourth-order valence-corrected chi connectivity index (χ4v) is 4.63. The van der Waals surface area contributed by atoms with Gasteiger partial charge in [-0.15, -0.1) is 0 Å². The summed E-state index contributed by atoms with van der Waals surface area (Å²) >= 11 is 0. The summed E-state index contributed by atoms with van der Waals surface area (Å²) in [5.41, 5.74) is 1.03. The van der Waals surface area contributed by atoms with Gasteiger partial charge in [-0.2, -0.15) is 0 Å². The zero-order valence-corrected chi connectivity index (χ0v) is 20.0. The summed E-state index contributed by atoms with van der Waals surface area (Å²) in [5, 5.41) is 4.54. The monoisotopic (exact) mass is 490 g/mol. The van der Waals surface area contributed by atoms with Gasteiger partial charge < -0.3 is 14.8 Å². The molecule has 4 aromatic carbocycles. The third-order valence-electron chi connectivity index (χ3n) is 5.36. The first-order valence-electron chi connectivity index (χ1n) is 11.1. The number of ether oxygens (including phenoxy) is 2. The first-order valence-corrected chi connectivity index (χ1v) is 12.6. The SMILES string of the molecule is COc1ccc(OCCCC(=O)Nc2ccc(S(=O)(=O)Nc3cccc4ccccc34)cc2)cc1. The molecule has 4 aromatic rings. The lowest BCUT2D eigenvalue weighted by atomic mass is 10.1. The van der Waals surface area contributed by atoms with Gasteiger partial charge in [0.25, 0.3) is 10.0 Å². The number of amides is 1. The number of anilines is 2. The van der Waals surface area contributed by atoms with Gasteiger partial charge in [0.1, 0.15) is 11.5 Å². The van der Waals surface area contributed by atoms with Crippen molar-refractivity contribution in [3.63, 3.8) is 0 Å². The molecule has 0 saturated carbocycles. The molecule has 0 aliphatic heterocycles. The molecule has 0 aliphatic rings. The standard InChI is InChI=1S/C27H26N2O5S/c1-33-22-13-15-23(16-14-22)34-19-5-10-27(30)28-21-11-17-24(18-12-21)35(31,32)29-26-9-4-7-20-6-2-3-8-25(20)26/h2-4,6-9,11-18,29H,5,10,19H2,1H3,(H,28,30). The summed E-state index contributed by atoms with van der Waals surface area (Å²) in [4.78, 5) is 12.3. The van der Waals surface area contributed by atoms with E-state index < -0.39 is 10.0 Å². The van der Waals surface area contributed by atoms with Crippen molar-refractivity contribution in [1.29, 1.82) is 0 Å². The molecule has 0 saturated heterocycles. The fraction of sp³-hybridized carbons (Fsp3) is 0.148. The fourth-order valence-electron chi connectivity index (χ4n) is 3.55. The molecule has 0 aliphatic carbocycles. The van der Waals surface area contributed by atoms with E-state index in [1.54, 1.807) is 31.4 Å². The molecular weight excluding hydrogens is 464 g/mol. The van der Waals surface area contributed by atoms with Crippen molar-refractivity contribution < 1.29 is 22.7 Å². The highest BCUT2D eigenvalue weighted by Crippen LogP contribution is 2.26. The topological polar surface area (TPSA) is 93.7 Å². The van der Waals surface area contributed by atoms with Crippen LogP contribution >= 0.6 is 0 Å². The molecule has 0 bridgehead atoms. The van der Waals surface area contributed by atoms with E-state index in [0.717, 1.165) is 16.5 Å². The maximum absolute atomic E-state index is 12.9. The number of methoxy groups -OCH3 is 1. The lowest BCUT2D eigenvalue weighted by molar-refractivity contribution is -0.116. The van der Waals surface area contributed by atoms with Gasteiger partial charge >= 0.3 is 0 Å². The molecule has 0 atom stereocenters. The summed E-state index contributed by atoms with van der Waals surface area (Å²) < 4.78 is 39.2. The Labute approximate surface area is 204 Å². The van der Waals surface area contributed by atoms with Crippen LogP contribution in [0, 0.1) is 0 Å². The molecule has 0 spiro atoms. The first kappa shape index (κ1) is 24.1. The molecule has 4 rings (SSSR count). The Morgan fingerprint density at radius 1 is 0.829 bits per heavy atom. The van der Waals surface area contributed by atoms with Crippen LogP contribution in [0.25, 0.3) is 10.8 Å². The maximum Gasteiger partial charge on any atom is 0.261 e. The Morgan fingerprint density at radius 3 is 2.26 bits per heavy atom. The van der Waals surface area contributed by atoms with Crippen LogP contribution in [-0.2, 0) is 14.8 Å². The van der Waals surface area contributed by atoms with Gasteiger partial charge in [-0.3, -0.25) is 9.52 Å². The van der Waals surface area contributed by atoms with E-state index in [9.17, 15) is 13.2 Å². The number of nitrogens with one attached hydrogen (secondary N) is 2. The van der Waals surface area contributed by atoms with E-state index in [1.807, 2.05) is 54.6 Å². The van der Waals surface area contributed by atoms with Crippen LogP contribution in [0.4, 0.5) is 11.4 Å². The molecule has 7 nitrogen and oxygen atoms in total. The Bertz CT molecular complexity index is 1400. The van der Waals surface area contributed by atoms with E-state index in [2.05, 4.69) is 10.0 Å². The van der Waals surface area contributed by atoms with Crippen molar-refractivity contribution in [3.8, 4) is 11.5 Å². The Balaban J connectivity index is 1.29. The molecule has 1 amide bonds. The van der Waals surface area contributed by atoms with Crippen LogP contribution in [0.15, 0.2) is 95.9 Å². The molecule has 0 aromatic heterocycles. The number of rotatable bonds is 10. The quantitative estimate of drug-likeness (QED) is 0.289. The van der Waals surface area contributed by atoms with Crippen LogP contribution < -0.4 is 19.5 Å². The highest BCUT2D eigenvalue weighted by Gasteiger charge is 2.15. The summed E-state index contributed by atoms with van der Waals surface area (Å²) in [6.07, 6.45) is 0.818. The minimum atomic E-state index is -3.79. The highest BCUT2D eigenvalue weighted by atomic mass is 32.2. The zero-order chi connectivity index (χ0) is 24.7. The highest BCUT2D eigenvalue weighted by molar-refractivity contribution is 7.92. The van der Waals surface area contributed by atoms with Crippen LogP contribution in [0.3, 0.4) is 0 Å². The van der Waals surface area contributed by atoms with E-state index >= 15 is 0 Å². The second kappa shape index (κ2) is 10.9. The van der Waals surface area contributed by atoms with Gasteiger partial charge in [0.05, 0.1) is 24.3 Å². The maximum atomic E-state index is 12.9. The van der Waals surface area contributed by atoms with Crippen LogP contribution in [0.5, 0.6) is 11.5 Å². The van der Waals surface area contributed by atoms with Crippen molar-refractivity contribution in [1.82, 2.24) is 0 Å². The van der Waals surface area contributed by atoms with Gasteiger partial charge in [0.2, 0.25) is 5.91 Å². The number of carbonyl (C=O) groups excluding carboxylic acids is 1. The van der Waals surface area contributed by atoms with Gasteiger partial charge in [-0.1, -0.05) is 36.4 Å². The molecule has 0 radical (unpaired) electrons. The van der Waals surface area contributed by atoms with E-state index in [-0.39, 0.29) is 17.2 Å². The van der Waals surface area contributed by atoms with Gasteiger partial charge in [-0.05, 0) is 66.4 Å². The van der Waals surface area contributed by atoms with Crippen molar-refractivity contribution >= 4 is 38.1 Å². The summed E-state index contributed by atoms with van der Waals surface area (Å²) in [6.45, 7) is 0.400. The molecule has 8 heteroatoms. The minimum Gasteiger partial charge on any atom is -0.497 e. The van der Waals surface area contributed by atoms with Crippen molar-refractivity contribution in [3.05, 3.63) is 91.0 Å². The molecule has 0 fully saturated rings. The lowest BCUT2D eigenvalue weighted by Crippen LogP contribution is -2.14. The van der Waals surface area contributed by atoms with Gasteiger partial charge in [-0.25, -0.2) is 8.42 Å². The van der Waals surface area contributed by atoms with Crippen molar-refractivity contribution in [2.45, 2.75) is 17.7 Å². The second-order valence-corrected chi connectivity index (χ2v) is 9.51. The zero-order valence-electron chi connectivity index (χ0n) is 19.2. The van der Waals surface area contributed by atoms with Gasteiger partial charge in [0, 0.05) is 17.5 Å². The lowest BCUT2D eigenvalue weighted by Gasteiger charge is -2.12. The number of benzene rings is 4. The van der Waals surface area contributed by atoms with Crippen molar-refractivity contribution in [2.75, 3.05) is 23.8 Å². The number of carbonyl (C=O) groups is 1. The van der Waals surface area contributed by atoms with E-state index in [1.165, 1.54) is 12.1 Å². The Morgan fingerprint density at radius 2 is 1.51 bits per heavy atom. The third kappa shape index (κ3) is 6.30. The second-order valence-electron chi connectivity index (χ2n) is 7.83. The third-order valence-corrected chi connectivity index (χ3v) is 6.74. The van der Waals surface area contributed by atoms with Crippen molar-refractivity contribution in [2.24, 2.45) is 0 Å². The largest absolute Gasteiger partial charge is 0.497 e. The Hall–Kier alpha value is -4.04. The van der Waals surface area contributed by atoms with Gasteiger partial charge in [0.15, 0.2) is 0 Å². The Kier molecular flexibility index (Phi) is 7.52. The van der Waals surface area contributed by atoms with Crippen LogP contribution in [0.2, 0.25) is 0 Å². The molecular formula is C27H26N2O5S. The normalized spacial score (nSPS) is 11.1.